The molecule has 2 N–H and O–H groups in total. The van der Waals surface area contributed by atoms with E-state index in [0.29, 0.717) is 18.5 Å². The summed E-state index contributed by atoms with van der Waals surface area (Å²) >= 11 is 0. The maximum atomic E-state index is 13.1. The zero-order chi connectivity index (χ0) is 18.8. The van der Waals surface area contributed by atoms with Gasteiger partial charge in [-0.2, -0.15) is 0 Å². The largest absolute Gasteiger partial charge is 0.368 e. The number of nitrogens with two attached hydrogens (primary N) is 1. The molecule has 0 saturated carbocycles. The van der Waals surface area contributed by atoms with Gasteiger partial charge in [0.25, 0.3) is 5.91 Å². The highest BCUT2D eigenvalue weighted by molar-refractivity contribution is 5.98. The maximum absolute atomic E-state index is 13.1. The third-order valence-corrected chi connectivity index (χ3v) is 5.05. The normalized spacial score (nSPS) is 15.9. The molecule has 0 saturated heterocycles. The van der Waals surface area contributed by atoms with Gasteiger partial charge in [0.1, 0.15) is 6.04 Å². The number of nitrogens with zero attached hydrogens (tertiary/aromatic N) is 1. The second kappa shape index (κ2) is 7.08. The van der Waals surface area contributed by atoms with Gasteiger partial charge in [-0.25, -0.2) is 0 Å². The van der Waals surface area contributed by atoms with Crippen LogP contribution in [0.15, 0.2) is 78.9 Å². The van der Waals surface area contributed by atoms with E-state index in [2.05, 4.69) is 0 Å². The van der Waals surface area contributed by atoms with Crippen molar-refractivity contribution in [3.05, 3.63) is 95.6 Å². The maximum Gasteiger partial charge on any atom is 0.254 e. The first kappa shape index (κ1) is 17.0. The number of carbonyl (C=O) groups excluding carboxylic acids is 2. The number of carbonyl (C=O) groups is 2. The van der Waals surface area contributed by atoms with Gasteiger partial charge in [0, 0.05) is 12.1 Å². The number of hydrogen-bond donors (Lipinski definition) is 1. The van der Waals surface area contributed by atoms with Crippen molar-refractivity contribution in [3.63, 3.8) is 0 Å². The molecule has 3 aromatic carbocycles. The molecule has 1 unspecified atom stereocenters. The van der Waals surface area contributed by atoms with Crippen molar-refractivity contribution in [1.82, 2.24) is 4.90 Å². The molecule has 0 radical (unpaired) electrons. The molecule has 1 aliphatic rings. The van der Waals surface area contributed by atoms with E-state index >= 15 is 0 Å². The van der Waals surface area contributed by atoms with Crippen molar-refractivity contribution >= 4 is 11.8 Å². The Morgan fingerprint density at radius 3 is 2.15 bits per heavy atom. The van der Waals surface area contributed by atoms with E-state index in [9.17, 15) is 9.59 Å². The summed E-state index contributed by atoms with van der Waals surface area (Å²) in [4.78, 5) is 26.8. The standard InChI is InChI=1S/C23H20N2O2/c24-22(26)21-20-9-5-4-8-18(20)14-15-25(21)23(27)19-12-10-17(11-13-19)16-6-2-1-3-7-16/h1-13,21H,14-15H2,(H2,24,26). The van der Waals surface area contributed by atoms with E-state index in [1.807, 2.05) is 78.9 Å². The Hall–Kier alpha value is -3.40. The lowest BCUT2D eigenvalue weighted by Crippen LogP contribution is -2.45. The quantitative estimate of drug-likeness (QED) is 0.780. The third-order valence-electron chi connectivity index (χ3n) is 5.05. The van der Waals surface area contributed by atoms with Crippen LogP contribution >= 0.6 is 0 Å². The van der Waals surface area contributed by atoms with Gasteiger partial charge in [-0.05, 0) is 40.8 Å². The molecule has 2 amide bonds. The van der Waals surface area contributed by atoms with Crippen LogP contribution in [0.4, 0.5) is 0 Å². The highest BCUT2D eigenvalue weighted by Gasteiger charge is 2.34. The lowest BCUT2D eigenvalue weighted by Gasteiger charge is -2.35. The SMILES string of the molecule is NC(=O)C1c2ccccc2CCN1C(=O)c1ccc(-c2ccccc2)cc1. The topological polar surface area (TPSA) is 63.4 Å². The highest BCUT2D eigenvalue weighted by atomic mass is 16.2. The van der Waals surface area contributed by atoms with E-state index in [1.54, 1.807) is 4.90 Å². The Bertz CT molecular complexity index is 981. The first-order valence-electron chi connectivity index (χ1n) is 8.99. The van der Waals surface area contributed by atoms with Gasteiger partial charge in [0.15, 0.2) is 0 Å². The zero-order valence-corrected chi connectivity index (χ0v) is 14.8. The van der Waals surface area contributed by atoms with Crippen molar-refractivity contribution in [2.45, 2.75) is 12.5 Å². The van der Waals surface area contributed by atoms with Gasteiger partial charge in [-0.3, -0.25) is 9.59 Å². The molecule has 3 aromatic rings. The van der Waals surface area contributed by atoms with Gasteiger partial charge in [-0.1, -0.05) is 66.7 Å². The number of hydrogen-bond acceptors (Lipinski definition) is 2. The summed E-state index contributed by atoms with van der Waals surface area (Å²) in [6.45, 7) is 0.476. The van der Waals surface area contributed by atoms with Crippen LogP contribution in [0.5, 0.6) is 0 Å². The second-order valence-corrected chi connectivity index (χ2v) is 6.70. The molecule has 0 aromatic heterocycles. The molecule has 134 valence electrons. The minimum Gasteiger partial charge on any atom is -0.368 e. The summed E-state index contributed by atoms with van der Waals surface area (Å²) in [7, 11) is 0. The lowest BCUT2D eigenvalue weighted by atomic mass is 9.91. The minimum atomic E-state index is -0.726. The Kier molecular flexibility index (Phi) is 4.47. The summed E-state index contributed by atoms with van der Waals surface area (Å²) < 4.78 is 0. The van der Waals surface area contributed by atoms with Crippen molar-refractivity contribution in [3.8, 4) is 11.1 Å². The van der Waals surface area contributed by atoms with Gasteiger partial charge in [0.05, 0.1) is 0 Å². The van der Waals surface area contributed by atoms with E-state index in [1.165, 1.54) is 0 Å². The summed E-state index contributed by atoms with van der Waals surface area (Å²) in [5.41, 5.74) is 10.2. The van der Waals surface area contributed by atoms with E-state index in [-0.39, 0.29) is 5.91 Å². The zero-order valence-electron chi connectivity index (χ0n) is 14.8. The monoisotopic (exact) mass is 356 g/mol. The third kappa shape index (κ3) is 3.22. The molecule has 4 heteroatoms. The van der Waals surface area contributed by atoms with Crippen LogP contribution in [0, 0.1) is 0 Å². The van der Waals surface area contributed by atoms with Crippen LogP contribution in [-0.2, 0) is 11.2 Å². The predicted molar refractivity (Wildman–Crippen MR) is 105 cm³/mol. The minimum absolute atomic E-state index is 0.173. The number of fused-ring (bicyclic) bond motifs is 1. The molecule has 0 bridgehead atoms. The second-order valence-electron chi connectivity index (χ2n) is 6.70. The summed E-state index contributed by atoms with van der Waals surface area (Å²) in [6.07, 6.45) is 0.716. The molecule has 4 rings (SSSR count). The fraction of sp³-hybridized carbons (Fsp3) is 0.130. The Morgan fingerprint density at radius 2 is 1.44 bits per heavy atom. The van der Waals surface area contributed by atoms with Crippen LogP contribution in [0.25, 0.3) is 11.1 Å². The van der Waals surface area contributed by atoms with Crippen molar-refractivity contribution in [1.29, 1.82) is 0 Å². The number of amides is 2. The molecule has 0 fully saturated rings. The van der Waals surface area contributed by atoms with E-state index in [0.717, 1.165) is 22.3 Å². The van der Waals surface area contributed by atoms with E-state index < -0.39 is 11.9 Å². The van der Waals surface area contributed by atoms with E-state index in [4.69, 9.17) is 5.73 Å². The first-order chi connectivity index (χ1) is 13.1. The molecule has 1 atom stereocenters. The number of benzene rings is 3. The van der Waals surface area contributed by atoms with Gasteiger partial charge >= 0.3 is 0 Å². The highest BCUT2D eigenvalue weighted by Crippen LogP contribution is 2.31. The van der Waals surface area contributed by atoms with Crippen molar-refractivity contribution in [2.24, 2.45) is 5.73 Å². The van der Waals surface area contributed by atoms with Crippen LogP contribution in [0.1, 0.15) is 27.5 Å². The molecule has 4 nitrogen and oxygen atoms in total. The summed E-state index contributed by atoms with van der Waals surface area (Å²) in [6, 6.07) is 24.4. The molecule has 0 spiro atoms. The molecule has 27 heavy (non-hydrogen) atoms. The predicted octanol–water partition coefficient (Wildman–Crippen LogP) is 3.58. The summed E-state index contributed by atoms with van der Waals surface area (Å²) in [5, 5.41) is 0. The Morgan fingerprint density at radius 1 is 0.815 bits per heavy atom. The van der Waals surface area contributed by atoms with Crippen LogP contribution in [0.3, 0.4) is 0 Å². The number of primary amides is 1. The Labute approximate surface area is 158 Å². The average molecular weight is 356 g/mol. The molecule has 0 aliphatic carbocycles. The summed E-state index contributed by atoms with van der Waals surface area (Å²) in [5.74, 6) is -0.677. The Balaban J connectivity index is 1.63. The fourth-order valence-corrected chi connectivity index (χ4v) is 3.69. The molecular formula is C23H20N2O2. The first-order valence-corrected chi connectivity index (χ1v) is 8.99. The molecule has 1 heterocycles. The molecule has 1 aliphatic heterocycles. The molecular weight excluding hydrogens is 336 g/mol. The van der Waals surface area contributed by atoms with Crippen LogP contribution in [-0.4, -0.2) is 23.3 Å². The van der Waals surface area contributed by atoms with Gasteiger partial charge in [-0.15, -0.1) is 0 Å². The van der Waals surface area contributed by atoms with Crippen LogP contribution < -0.4 is 5.73 Å². The van der Waals surface area contributed by atoms with Crippen LogP contribution in [0.2, 0.25) is 0 Å². The van der Waals surface area contributed by atoms with Crippen molar-refractivity contribution < 1.29 is 9.59 Å². The number of rotatable bonds is 3. The lowest BCUT2D eigenvalue weighted by molar-refractivity contribution is -0.123. The van der Waals surface area contributed by atoms with Gasteiger partial charge < -0.3 is 10.6 Å². The van der Waals surface area contributed by atoms with Gasteiger partial charge in [0.2, 0.25) is 5.91 Å². The smallest absolute Gasteiger partial charge is 0.254 e. The fourth-order valence-electron chi connectivity index (χ4n) is 3.69. The van der Waals surface area contributed by atoms with Crippen molar-refractivity contribution in [2.75, 3.05) is 6.54 Å². The average Bonchev–Trinajstić information content (AvgIpc) is 2.73.